The van der Waals surface area contributed by atoms with Crippen molar-refractivity contribution in [2.24, 2.45) is 5.92 Å². The normalized spacial score (nSPS) is 14.5. The van der Waals surface area contributed by atoms with Crippen molar-refractivity contribution >= 4 is 23.1 Å². The Kier molecular flexibility index (Phi) is 5.13. The molecule has 2 amide bonds. The summed E-state index contributed by atoms with van der Waals surface area (Å²) in [6.07, 6.45) is 0. The van der Waals surface area contributed by atoms with Crippen LogP contribution in [0, 0.1) is 25.6 Å². The molecule has 0 saturated carbocycles. The highest BCUT2D eigenvalue weighted by molar-refractivity contribution is 6.36. The number of carbonyl (C=O) groups excluding carboxylic acids is 2. The molecule has 1 heterocycles. The molecule has 0 unspecified atom stereocenters. The summed E-state index contributed by atoms with van der Waals surface area (Å²) in [7, 11) is 0. The fourth-order valence-corrected chi connectivity index (χ4v) is 3.20. The van der Waals surface area contributed by atoms with E-state index in [1.54, 1.807) is 0 Å². The lowest BCUT2D eigenvalue weighted by molar-refractivity contribution is -0.137. The van der Waals surface area contributed by atoms with Gasteiger partial charge >= 0.3 is 0 Å². The molecule has 0 radical (unpaired) electrons. The van der Waals surface area contributed by atoms with Crippen LogP contribution in [-0.2, 0) is 9.59 Å². The predicted octanol–water partition coefficient (Wildman–Crippen LogP) is 4.29. The lowest BCUT2D eigenvalue weighted by Gasteiger charge is -2.17. The molecule has 27 heavy (non-hydrogen) atoms. The summed E-state index contributed by atoms with van der Waals surface area (Å²) in [4.78, 5) is 27.2. The highest BCUT2D eigenvalue weighted by Gasteiger charge is 2.39. The highest BCUT2D eigenvalue weighted by atomic mass is 19.1. The molecule has 2 aromatic rings. The second-order valence-corrected chi connectivity index (χ2v) is 7.32. The van der Waals surface area contributed by atoms with Gasteiger partial charge in [0, 0.05) is 12.2 Å². The maximum Gasteiger partial charge on any atom is 0.278 e. The molecule has 1 N–H and O–H groups in total. The molecule has 1 aliphatic rings. The molecule has 4 nitrogen and oxygen atoms in total. The summed E-state index contributed by atoms with van der Waals surface area (Å²) in [6, 6.07) is 11.5. The van der Waals surface area contributed by atoms with E-state index in [1.165, 1.54) is 29.2 Å². The van der Waals surface area contributed by atoms with E-state index in [-0.39, 0.29) is 34.8 Å². The van der Waals surface area contributed by atoms with Gasteiger partial charge in [0.25, 0.3) is 11.8 Å². The molecular weight excluding hydrogens is 343 g/mol. The number of anilines is 1. The van der Waals surface area contributed by atoms with Crippen molar-refractivity contribution in [3.8, 4) is 0 Å². The van der Waals surface area contributed by atoms with E-state index < -0.39 is 0 Å². The minimum absolute atomic E-state index is 0.146. The van der Waals surface area contributed by atoms with E-state index >= 15 is 0 Å². The van der Waals surface area contributed by atoms with Crippen molar-refractivity contribution in [1.82, 2.24) is 4.90 Å². The Hall–Kier alpha value is -2.95. The molecule has 0 atom stereocenters. The summed E-state index contributed by atoms with van der Waals surface area (Å²) in [5.74, 6) is -0.951. The molecule has 0 spiro atoms. The molecular formula is C22H23FN2O2. The number of benzene rings is 2. The van der Waals surface area contributed by atoms with E-state index in [0.717, 1.165) is 16.8 Å². The van der Waals surface area contributed by atoms with Crippen molar-refractivity contribution in [2.75, 3.05) is 11.9 Å². The summed E-state index contributed by atoms with van der Waals surface area (Å²) in [5, 5.41) is 3.16. The number of aryl methyl sites for hydroxylation is 2. The van der Waals surface area contributed by atoms with Gasteiger partial charge < -0.3 is 5.32 Å². The van der Waals surface area contributed by atoms with Crippen LogP contribution in [0.4, 0.5) is 10.1 Å². The van der Waals surface area contributed by atoms with Crippen molar-refractivity contribution in [2.45, 2.75) is 27.7 Å². The SMILES string of the molecule is Cc1ccc(NC2=C(c3ccc(F)cc3)C(=O)N(CC(C)C)C2=O)c(C)c1. The number of hydrogen-bond acceptors (Lipinski definition) is 3. The fraction of sp³-hybridized carbons (Fsp3) is 0.273. The smallest absolute Gasteiger partial charge is 0.278 e. The van der Waals surface area contributed by atoms with E-state index in [9.17, 15) is 14.0 Å². The molecule has 0 bridgehead atoms. The third-order valence-corrected chi connectivity index (χ3v) is 4.49. The number of halogens is 1. The summed E-state index contributed by atoms with van der Waals surface area (Å²) in [6.45, 7) is 8.18. The van der Waals surface area contributed by atoms with Gasteiger partial charge in [-0.3, -0.25) is 14.5 Å². The Morgan fingerprint density at radius 3 is 2.26 bits per heavy atom. The van der Waals surface area contributed by atoms with E-state index in [1.807, 2.05) is 45.9 Å². The van der Waals surface area contributed by atoms with Gasteiger partial charge in [-0.1, -0.05) is 43.7 Å². The second kappa shape index (κ2) is 7.35. The number of amides is 2. The van der Waals surface area contributed by atoms with Crippen molar-refractivity contribution in [3.63, 3.8) is 0 Å². The van der Waals surface area contributed by atoms with E-state index in [4.69, 9.17) is 0 Å². The fourth-order valence-electron chi connectivity index (χ4n) is 3.20. The first-order chi connectivity index (χ1) is 12.8. The van der Waals surface area contributed by atoms with Gasteiger partial charge in [0.05, 0.1) is 5.57 Å². The maximum atomic E-state index is 13.3. The quantitative estimate of drug-likeness (QED) is 0.803. The standard InChI is InChI=1S/C22H23FN2O2/c1-13(2)12-25-21(26)19(16-6-8-17(23)9-7-16)20(22(25)27)24-18-10-5-14(3)11-15(18)4/h5-11,13,24H,12H2,1-4H3. The highest BCUT2D eigenvalue weighted by Crippen LogP contribution is 2.32. The van der Waals surface area contributed by atoms with Crippen LogP contribution in [0.1, 0.15) is 30.5 Å². The third-order valence-electron chi connectivity index (χ3n) is 4.49. The number of imide groups is 1. The van der Waals surface area contributed by atoms with Gasteiger partial charge in [-0.25, -0.2) is 4.39 Å². The average molecular weight is 366 g/mol. The number of nitrogens with one attached hydrogen (secondary N) is 1. The molecule has 2 aromatic carbocycles. The second-order valence-electron chi connectivity index (χ2n) is 7.32. The molecule has 140 valence electrons. The Balaban J connectivity index is 2.08. The van der Waals surface area contributed by atoms with Crippen LogP contribution in [0.3, 0.4) is 0 Å². The van der Waals surface area contributed by atoms with Gasteiger partial charge in [-0.05, 0) is 49.1 Å². The third kappa shape index (κ3) is 3.77. The molecule has 5 heteroatoms. The summed E-state index contributed by atoms with van der Waals surface area (Å²) >= 11 is 0. The minimum Gasteiger partial charge on any atom is -0.350 e. The Bertz CT molecular complexity index is 930. The first kappa shape index (κ1) is 18.8. The molecule has 0 saturated heterocycles. The van der Waals surface area contributed by atoms with Crippen molar-refractivity contribution in [3.05, 3.63) is 70.7 Å². The summed E-state index contributed by atoms with van der Waals surface area (Å²) in [5.41, 5.74) is 3.89. The number of hydrogen-bond donors (Lipinski definition) is 1. The van der Waals surface area contributed by atoms with Crippen LogP contribution in [-0.4, -0.2) is 23.3 Å². The zero-order chi connectivity index (χ0) is 19.7. The Morgan fingerprint density at radius 1 is 1.00 bits per heavy atom. The Labute approximate surface area is 158 Å². The van der Waals surface area contributed by atoms with Crippen LogP contribution in [0.2, 0.25) is 0 Å². The first-order valence-electron chi connectivity index (χ1n) is 8.98. The molecule has 0 aliphatic carbocycles. The van der Waals surface area contributed by atoms with Gasteiger partial charge in [0.2, 0.25) is 0 Å². The summed E-state index contributed by atoms with van der Waals surface area (Å²) < 4.78 is 13.3. The largest absolute Gasteiger partial charge is 0.350 e. The Morgan fingerprint density at radius 2 is 1.67 bits per heavy atom. The lowest BCUT2D eigenvalue weighted by Crippen LogP contribution is -2.35. The topological polar surface area (TPSA) is 49.4 Å². The molecule has 0 aromatic heterocycles. The van der Waals surface area contributed by atoms with E-state index in [0.29, 0.717) is 12.1 Å². The van der Waals surface area contributed by atoms with Crippen molar-refractivity contribution in [1.29, 1.82) is 0 Å². The molecule has 3 rings (SSSR count). The lowest BCUT2D eigenvalue weighted by atomic mass is 10.0. The molecule has 1 aliphatic heterocycles. The van der Waals surface area contributed by atoms with Gasteiger partial charge in [0.15, 0.2) is 0 Å². The number of carbonyl (C=O) groups is 2. The molecule has 0 fully saturated rings. The van der Waals surface area contributed by atoms with Crippen LogP contribution < -0.4 is 5.32 Å². The minimum atomic E-state index is -0.390. The van der Waals surface area contributed by atoms with E-state index in [2.05, 4.69) is 5.32 Å². The zero-order valence-electron chi connectivity index (χ0n) is 16.0. The number of nitrogens with zero attached hydrogens (tertiary/aromatic N) is 1. The predicted molar refractivity (Wildman–Crippen MR) is 104 cm³/mol. The van der Waals surface area contributed by atoms with Crippen LogP contribution in [0.5, 0.6) is 0 Å². The van der Waals surface area contributed by atoms with Crippen molar-refractivity contribution < 1.29 is 14.0 Å². The van der Waals surface area contributed by atoms with Gasteiger partial charge in [-0.2, -0.15) is 0 Å². The monoisotopic (exact) mass is 366 g/mol. The van der Waals surface area contributed by atoms with Gasteiger partial charge in [-0.15, -0.1) is 0 Å². The van der Waals surface area contributed by atoms with Crippen LogP contribution in [0.15, 0.2) is 48.2 Å². The first-order valence-corrected chi connectivity index (χ1v) is 8.98. The zero-order valence-corrected chi connectivity index (χ0v) is 16.0. The average Bonchev–Trinajstić information content (AvgIpc) is 2.82. The maximum absolute atomic E-state index is 13.3. The number of rotatable bonds is 5. The van der Waals surface area contributed by atoms with Crippen LogP contribution in [0.25, 0.3) is 5.57 Å². The van der Waals surface area contributed by atoms with Crippen LogP contribution >= 0.6 is 0 Å². The van der Waals surface area contributed by atoms with Gasteiger partial charge in [0.1, 0.15) is 11.5 Å².